The lowest BCUT2D eigenvalue weighted by molar-refractivity contribution is 0.908. The van der Waals surface area contributed by atoms with Gasteiger partial charge in [-0.3, -0.25) is 4.99 Å². The Kier molecular flexibility index (Phi) is 1.60. The van der Waals surface area contributed by atoms with E-state index in [-0.39, 0.29) is 0 Å². The van der Waals surface area contributed by atoms with Crippen LogP contribution >= 0.6 is 11.8 Å². The van der Waals surface area contributed by atoms with Crippen LogP contribution in [0, 0.1) is 0 Å². The summed E-state index contributed by atoms with van der Waals surface area (Å²) in [5, 5.41) is 5.27. The summed E-state index contributed by atoms with van der Waals surface area (Å²) in [4.78, 5) is 4.37. The summed E-state index contributed by atoms with van der Waals surface area (Å²) < 4.78 is 0. The number of aliphatic imine (C=N–C) groups is 1. The fourth-order valence-corrected chi connectivity index (χ4v) is 1.87. The molecule has 56 valence electrons. The Bertz CT molecular complexity index is 163. The molecule has 2 rings (SSSR count). The van der Waals surface area contributed by atoms with E-state index in [9.17, 15) is 0 Å². The maximum absolute atomic E-state index is 4.37. The first kappa shape index (κ1) is 6.53. The van der Waals surface area contributed by atoms with Crippen LogP contribution in [-0.4, -0.2) is 23.0 Å². The molecule has 0 saturated heterocycles. The summed E-state index contributed by atoms with van der Waals surface area (Å²) in [6, 6.07) is 0.761. The Hall–Kier alpha value is -0.180. The maximum atomic E-state index is 4.37. The molecule has 1 fully saturated rings. The van der Waals surface area contributed by atoms with Crippen molar-refractivity contribution in [2.24, 2.45) is 4.99 Å². The van der Waals surface area contributed by atoms with Gasteiger partial charge in [-0.25, -0.2) is 0 Å². The molecule has 0 radical (unpaired) electrons. The Morgan fingerprint density at radius 3 is 2.90 bits per heavy atom. The molecule has 1 atom stereocenters. The molecule has 1 aliphatic carbocycles. The summed E-state index contributed by atoms with van der Waals surface area (Å²) >= 11 is 1.87. The smallest absolute Gasteiger partial charge is 0.157 e. The minimum Gasteiger partial charge on any atom is -0.362 e. The normalized spacial score (nSPS) is 32.1. The van der Waals surface area contributed by atoms with Gasteiger partial charge in [-0.15, -0.1) is 0 Å². The van der Waals surface area contributed by atoms with Gasteiger partial charge in [0.1, 0.15) is 0 Å². The third-order valence-corrected chi connectivity index (χ3v) is 2.73. The van der Waals surface area contributed by atoms with Crippen molar-refractivity contribution in [1.29, 1.82) is 0 Å². The first-order valence-electron chi connectivity index (χ1n) is 3.82. The highest BCUT2D eigenvalue weighted by molar-refractivity contribution is 8.14. The Morgan fingerprint density at radius 2 is 2.40 bits per heavy atom. The molecule has 0 bridgehead atoms. The minimum atomic E-state index is 0.696. The zero-order chi connectivity index (χ0) is 6.97. The van der Waals surface area contributed by atoms with Crippen molar-refractivity contribution in [2.45, 2.75) is 31.1 Å². The molecule has 1 unspecified atom stereocenters. The average Bonchev–Trinajstić information content (AvgIpc) is 2.59. The largest absolute Gasteiger partial charge is 0.362 e. The molecule has 10 heavy (non-hydrogen) atoms. The fourth-order valence-electron chi connectivity index (χ4n) is 0.959. The summed E-state index contributed by atoms with van der Waals surface area (Å²) in [5.41, 5.74) is 0. The van der Waals surface area contributed by atoms with Crippen LogP contribution in [0.5, 0.6) is 0 Å². The van der Waals surface area contributed by atoms with Gasteiger partial charge in [0.25, 0.3) is 0 Å². The highest BCUT2D eigenvalue weighted by Crippen LogP contribution is 2.24. The number of amidine groups is 1. The van der Waals surface area contributed by atoms with E-state index in [0.29, 0.717) is 5.25 Å². The number of hydrogen-bond acceptors (Lipinski definition) is 3. The van der Waals surface area contributed by atoms with Crippen molar-refractivity contribution >= 4 is 16.9 Å². The summed E-state index contributed by atoms with van der Waals surface area (Å²) in [6.07, 6.45) is 2.68. The number of nitrogens with one attached hydrogen (secondary N) is 1. The van der Waals surface area contributed by atoms with Gasteiger partial charge in [-0.1, -0.05) is 18.7 Å². The van der Waals surface area contributed by atoms with Crippen LogP contribution in [-0.2, 0) is 0 Å². The van der Waals surface area contributed by atoms with Crippen molar-refractivity contribution in [1.82, 2.24) is 5.32 Å². The quantitative estimate of drug-likeness (QED) is 0.617. The van der Waals surface area contributed by atoms with Gasteiger partial charge >= 0.3 is 0 Å². The second-order valence-corrected chi connectivity index (χ2v) is 4.42. The highest BCUT2D eigenvalue weighted by atomic mass is 32.2. The van der Waals surface area contributed by atoms with Crippen LogP contribution in [0.3, 0.4) is 0 Å². The Labute approximate surface area is 65.5 Å². The number of rotatable bonds is 1. The van der Waals surface area contributed by atoms with Gasteiger partial charge in [0, 0.05) is 11.3 Å². The number of nitrogens with zero attached hydrogens (tertiary/aromatic N) is 1. The molecule has 1 aliphatic heterocycles. The Balaban J connectivity index is 1.81. The van der Waals surface area contributed by atoms with E-state index in [4.69, 9.17) is 0 Å². The van der Waals surface area contributed by atoms with E-state index < -0.39 is 0 Å². The van der Waals surface area contributed by atoms with Crippen LogP contribution in [0.4, 0.5) is 0 Å². The molecule has 2 nitrogen and oxygen atoms in total. The predicted molar refractivity (Wildman–Crippen MR) is 45.5 cm³/mol. The third kappa shape index (κ3) is 1.45. The zero-order valence-corrected chi connectivity index (χ0v) is 6.95. The molecule has 0 aromatic heterocycles. The molecule has 3 heteroatoms. The molecule has 1 saturated carbocycles. The lowest BCUT2D eigenvalue weighted by atomic mass is 10.5. The van der Waals surface area contributed by atoms with Gasteiger partial charge in [0.2, 0.25) is 0 Å². The van der Waals surface area contributed by atoms with Crippen molar-refractivity contribution in [3.63, 3.8) is 0 Å². The predicted octanol–water partition coefficient (Wildman–Crippen LogP) is 1.23. The SMILES string of the molecule is CC1CN=C(NC2CC2)S1. The second-order valence-electron chi connectivity index (χ2n) is 2.99. The van der Waals surface area contributed by atoms with Crippen LogP contribution in [0.2, 0.25) is 0 Å². The van der Waals surface area contributed by atoms with Gasteiger partial charge < -0.3 is 5.32 Å². The molecule has 0 aromatic carbocycles. The molecule has 1 N–H and O–H groups in total. The van der Waals surface area contributed by atoms with Crippen LogP contribution < -0.4 is 5.32 Å². The van der Waals surface area contributed by atoms with Crippen molar-refractivity contribution in [3.8, 4) is 0 Å². The molecule has 0 spiro atoms. The van der Waals surface area contributed by atoms with E-state index >= 15 is 0 Å². The molecule has 0 aromatic rings. The van der Waals surface area contributed by atoms with Gasteiger partial charge in [0.15, 0.2) is 5.17 Å². The lowest BCUT2D eigenvalue weighted by Crippen LogP contribution is -2.21. The highest BCUT2D eigenvalue weighted by Gasteiger charge is 2.25. The van der Waals surface area contributed by atoms with Gasteiger partial charge in [0.05, 0.1) is 6.54 Å². The topological polar surface area (TPSA) is 24.4 Å². The zero-order valence-electron chi connectivity index (χ0n) is 6.13. The third-order valence-electron chi connectivity index (χ3n) is 1.71. The van der Waals surface area contributed by atoms with E-state index in [1.807, 2.05) is 11.8 Å². The lowest BCUT2D eigenvalue weighted by Gasteiger charge is -2.01. The van der Waals surface area contributed by atoms with Crippen LogP contribution in [0.1, 0.15) is 19.8 Å². The van der Waals surface area contributed by atoms with Gasteiger partial charge in [-0.2, -0.15) is 0 Å². The van der Waals surface area contributed by atoms with E-state index in [1.54, 1.807) is 0 Å². The van der Waals surface area contributed by atoms with E-state index in [1.165, 1.54) is 18.0 Å². The van der Waals surface area contributed by atoms with E-state index in [2.05, 4.69) is 17.2 Å². The summed E-state index contributed by atoms with van der Waals surface area (Å²) in [5.74, 6) is 0. The average molecular weight is 156 g/mol. The van der Waals surface area contributed by atoms with Gasteiger partial charge in [-0.05, 0) is 12.8 Å². The van der Waals surface area contributed by atoms with Crippen molar-refractivity contribution < 1.29 is 0 Å². The molecule has 2 aliphatic rings. The Morgan fingerprint density at radius 1 is 1.60 bits per heavy atom. The fraction of sp³-hybridized carbons (Fsp3) is 0.857. The second kappa shape index (κ2) is 2.46. The van der Waals surface area contributed by atoms with Crippen molar-refractivity contribution in [3.05, 3.63) is 0 Å². The molecular formula is C7H12N2S. The minimum absolute atomic E-state index is 0.696. The van der Waals surface area contributed by atoms with Crippen molar-refractivity contribution in [2.75, 3.05) is 6.54 Å². The molecule has 0 amide bonds. The molecular weight excluding hydrogens is 144 g/mol. The maximum Gasteiger partial charge on any atom is 0.157 e. The summed E-state index contributed by atoms with van der Waals surface area (Å²) in [6.45, 7) is 3.22. The number of hydrogen-bond donors (Lipinski definition) is 1. The monoisotopic (exact) mass is 156 g/mol. The standard InChI is InChI=1S/C7H12N2S/c1-5-4-8-7(10-5)9-6-2-3-6/h5-6H,2-4H2,1H3,(H,8,9). The number of thioether (sulfide) groups is 1. The van der Waals surface area contributed by atoms with E-state index in [0.717, 1.165) is 12.6 Å². The first-order valence-corrected chi connectivity index (χ1v) is 4.70. The van der Waals surface area contributed by atoms with Crippen LogP contribution in [0.25, 0.3) is 0 Å². The molecule has 1 heterocycles. The van der Waals surface area contributed by atoms with Crippen LogP contribution in [0.15, 0.2) is 4.99 Å². The first-order chi connectivity index (χ1) is 4.84. The summed E-state index contributed by atoms with van der Waals surface area (Å²) in [7, 11) is 0.